The van der Waals surface area contributed by atoms with Gasteiger partial charge in [-0.15, -0.1) is 0 Å². The smallest absolute Gasteiger partial charge is 0.262 e. The highest BCUT2D eigenvalue weighted by molar-refractivity contribution is 7.92. The number of hydrogen-bond acceptors (Lipinski definition) is 6. The predicted octanol–water partition coefficient (Wildman–Crippen LogP) is 4.10. The standard InChI is InChI=1S/C24H22N2O6S/c1-16(27)17-6-8-19(9-7-17)25-24(28)18-4-2-5-20(14-18)26-33(29,30)21-10-11-22-23(15-21)32-13-3-12-31-22/h2,4-11,14-15,26H,3,12-13H2,1H3,(H,25,28). The van der Waals surface area contributed by atoms with Gasteiger partial charge in [0.15, 0.2) is 17.3 Å². The molecule has 170 valence electrons. The molecular formula is C24H22N2O6S. The van der Waals surface area contributed by atoms with Crippen molar-refractivity contribution in [3.8, 4) is 11.5 Å². The fourth-order valence-electron chi connectivity index (χ4n) is 3.24. The summed E-state index contributed by atoms with van der Waals surface area (Å²) in [5.74, 6) is 0.393. The summed E-state index contributed by atoms with van der Waals surface area (Å²) in [7, 11) is -3.92. The Hall–Kier alpha value is -3.85. The van der Waals surface area contributed by atoms with Gasteiger partial charge in [0.2, 0.25) is 0 Å². The van der Waals surface area contributed by atoms with Crippen molar-refractivity contribution in [2.75, 3.05) is 23.3 Å². The lowest BCUT2D eigenvalue weighted by Gasteiger charge is -2.12. The number of Topliss-reactive ketones (excluding diaryl/α,β-unsaturated/α-hetero) is 1. The van der Waals surface area contributed by atoms with Gasteiger partial charge in [0, 0.05) is 35.0 Å². The topological polar surface area (TPSA) is 111 Å². The summed E-state index contributed by atoms with van der Waals surface area (Å²) in [6, 6.07) is 17.1. The largest absolute Gasteiger partial charge is 0.490 e. The van der Waals surface area contributed by atoms with E-state index >= 15 is 0 Å². The Balaban J connectivity index is 1.50. The van der Waals surface area contributed by atoms with Crippen LogP contribution in [0, 0.1) is 0 Å². The van der Waals surface area contributed by atoms with Crippen LogP contribution in [0.1, 0.15) is 34.1 Å². The zero-order valence-corrected chi connectivity index (χ0v) is 18.6. The third-order valence-electron chi connectivity index (χ3n) is 4.96. The number of carbonyl (C=O) groups excluding carboxylic acids is 2. The van der Waals surface area contributed by atoms with Gasteiger partial charge in [-0.05, 0) is 61.5 Å². The van der Waals surface area contributed by atoms with E-state index in [9.17, 15) is 18.0 Å². The zero-order valence-electron chi connectivity index (χ0n) is 17.8. The predicted molar refractivity (Wildman–Crippen MR) is 124 cm³/mol. The van der Waals surface area contributed by atoms with Crippen molar-refractivity contribution in [2.24, 2.45) is 0 Å². The van der Waals surface area contributed by atoms with Crippen LogP contribution in [0.25, 0.3) is 0 Å². The van der Waals surface area contributed by atoms with Gasteiger partial charge in [-0.25, -0.2) is 8.42 Å². The molecule has 0 aliphatic carbocycles. The van der Waals surface area contributed by atoms with Crippen LogP contribution in [0.15, 0.2) is 71.6 Å². The molecule has 1 aliphatic heterocycles. The van der Waals surface area contributed by atoms with Gasteiger partial charge in [-0.2, -0.15) is 0 Å². The highest BCUT2D eigenvalue weighted by atomic mass is 32.2. The van der Waals surface area contributed by atoms with Crippen LogP contribution in [0.3, 0.4) is 0 Å². The van der Waals surface area contributed by atoms with Crippen molar-refractivity contribution in [1.82, 2.24) is 0 Å². The molecule has 0 spiro atoms. The van der Waals surface area contributed by atoms with E-state index in [1.807, 2.05) is 0 Å². The van der Waals surface area contributed by atoms with Crippen LogP contribution in [0.4, 0.5) is 11.4 Å². The average molecular weight is 467 g/mol. The fourth-order valence-corrected chi connectivity index (χ4v) is 4.30. The van der Waals surface area contributed by atoms with Gasteiger partial charge in [0.1, 0.15) is 0 Å². The van der Waals surface area contributed by atoms with E-state index in [0.717, 1.165) is 0 Å². The molecule has 9 heteroatoms. The van der Waals surface area contributed by atoms with E-state index in [1.165, 1.54) is 25.1 Å². The molecule has 0 saturated carbocycles. The van der Waals surface area contributed by atoms with Crippen molar-refractivity contribution >= 4 is 33.1 Å². The minimum atomic E-state index is -3.92. The van der Waals surface area contributed by atoms with Crippen molar-refractivity contribution in [2.45, 2.75) is 18.2 Å². The Morgan fingerprint density at radius 1 is 0.818 bits per heavy atom. The maximum Gasteiger partial charge on any atom is 0.262 e. The summed E-state index contributed by atoms with van der Waals surface area (Å²) in [5, 5.41) is 2.73. The monoisotopic (exact) mass is 466 g/mol. The molecule has 33 heavy (non-hydrogen) atoms. The lowest BCUT2D eigenvalue weighted by Crippen LogP contribution is -2.15. The number of carbonyl (C=O) groups is 2. The zero-order chi connectivity index (χ0) is 23.4. The number of sulfonamides is 1. The number of amides is 1. The second-order valence-electron chi connectivity index (χ2n) is 7.43. The molecule has 0 saturated heterocycles. The summed E-state index contributed by atoms with van der Waals surface area (Å²) in [6.45, 7) is 2.41. The number of hydrogen-bond donors (Lipinski definition) is 2. The first-order chi connectivity index (χ1) is 15.8. The SMILES string of the molecule is CC(=O)c1ccc(NC(=O)c2cccc(NS(=O)(=O)c3ccc4c(c3)OCCCO4)c2)cc1. The highest BCUT2D eigenvalue weighted by Crippen LogP contribution is 2.32. The molecule has 0 bridgehead atoms. The second kappa shape index (κ2) is 9.33. The fraction of sp³-hybridized carbons (Fsp3) is 0.167. The number of rotatable bonds is 6. The van der Waals surface area contributed by atoms with E-state index < -0.39 is 15.9 Å². The van der Waals surface area contributed by atoms with Crippen molar-refractivity contribution in [3.63, 3.8) is 0 Å². The van der Waals surface area contributed by atoms with Gasteiger partial charge in [0.25, 0.3) is 15.9 Å². The highest BCUT2D eigenvalue weighted by Gasteiger charge is 2.19. The Bertz CT molecular complexity index is 1300. The number of ether oxygens (including phenoxy) is 2. The average Bonchev–Trinajstić information content (AvgIpc) is 3.04. The molecule has 1 amide bonds. The lowest BCUT2D eigenvalue weighted by molar-refractivity contribution is 0.101. The van der Waals surface area contributed by atoms with Crippen molar-refractivity contribution in [3.05, 3.63) is 77.9 Å². The Labute approximate surface area is 191 Å². The quantitative estimate of drug-likeness (QED) is 0.529. The summed E-state index contributed by atoms with van der Waals surface area (Å²) in [6.07, 6.45) is 0.713. The summed E-state index contributed by atoms with van der Waals surface area (Å²) < 4.78 is 39.4. The molecule has 4 rings (SSSR count). The van der Waals surface area contributed by atoms with Crippen LogP contribution in [-0.4, -0.2) is 33.3 Å². The molecule has 8 nitrogen and oxygen atoms in total. The van der Waals surface area contributed by atoms with Gasteiger partial charge in [-0.1, -0.05) is 6.07 Å². The molecular weight excluding hydrogens is 444 g/mol. The van der Waals surface area contributed by atoms with Gasteiger partial charge in [0.05, 0.1) is 18.1 Å². The molecule has 0 radical (unpaired) electrons. The minimum Gasteiger partial charge on any atom is -0.490 e. The first kappa shape index (κ1) is 22.3. The number of ketones is 1. The summed E-state index contributed by atoms with van der Waals surface area (Å²) in [4.78, 5) is 24.0. The summed E-state index contributed by atoms with van der Waals surface area (Å²) >= 11 is 0. The van der Waals surface area contributed by atoms with Crippen LogP contribution in [0.5, 0.6) is 11.5 Å². The Morgan fingerprint density at radius 2 is 1.55 bits per heavy atom. The van der Waals surface area contributed by atoms with Crippen LogP contribution in [-0.2, 0) is 10.0 Å². The van der Waals surface area contributed by atoms with Crippen LogP contribution in [0.2, 0.25) is 0 Å². The van der Waals surface area contributed by atoms with Crippen LogP contribution < -0.4 is 19.5 Å². The van der Waals surface area contributed by atoms with Crippen molar-refractivity contribution in [1.29, 1.82) is 0 Å². The van der Waals surface area contributed by atoms with E-state index in [4.69, 9.17) is 9.47 Å². The molecule has 0 aromatic heterocycles. The molecule has 1 heterocycles. The first-order valence-electron chi connectivity index (χ1n) is 10.3. The number of fused-ring (bicyclic) bond motifs is 1. The molecule has 2 N–H and O–H groups in total. The molecule has 3 aromatic rings. The maximum absolute atomic E-state index is 12.9. The molecule has 0 atom stereocenters. The van der Waals surface area contributed by atoms with E-state index in [-0.39, 0.29) is 21.9 Å². The second-order valence-corrected chi connectivity index (χ2v) is 9.12. The van der Waals surface area contributed by atoms with E-state index in [0.29, 0.717) is 42.4 Å². The Morgan fingerprint density at radius 3 is 2.27 bits per heavy atom. The van der Waals surface area contributed by atoms with E-state index in [2.05, 4.69) is 10.0 Å². The molecule has 1 aliphatic rings. The molecule has 0 unspecified atom stereocenters. The van der Waals surface area contributed by atoms with Gasteiger partial charge >= 0.3 is 0 Å². The first-order valence-corrected chi connectivity index (χ1v) is 11.7. The van der Waals surface area contributed by atoms with E-state index in [1.54, 1.807) is 48.5 Å². The van der Waals surface area contributed by atoms with Crippen molar-refractivity contribution < 1.29 is 27.5 Å². The number of benzene rings is 3. The van der Waals surface area contributed by atoms with Crippen LogP contribution >= 0.6 is 0 Å². The number of nitrogens with one attached hydrogen (secondary N) is 2. The van der Waals surface area contributed by atoms with Gasteiger partial charge in [-0.3, -0.25) is 14.3 Å². The minimum absolute atomic E-state index is 0.0205. The maximum atomic E-state index is 12.9. The van der Waals surface area contributed by atoms with Gasteiger partial charge < -0.3 is 14.8 Å². The lowest BCUT2D eigenvalue weighted by atomic mass is 10.1. The summed E-state index contributed by atoms with van der Waals surface area (Å²) in [5.41, 5.74) is 1.56. The number of anilines is 2. The third-order valence-corrected chi connectivity index (χ3v) is 6.33. The normalized spacial score (nSPS) is 13.0. The molecule has 0 fully saturated rings. The third kappa shape index (κ3) is 5.32. The molecule has 3 aromatic carbocycles. The Kier molecular flexibility index (Phi) is 6.32.